The average Bonchev–Trinajstić information content (AvgIpc) is 2.75. The van der Waals surface area contributed by atoms with E-state index in [1.54, 1.807) is 17.1 Å². The first-order chi connectivity index (χ1) is 8.60. The lowest BCUT2D eigenvalue weighted by Gasteiger charge is -2.24. The Bertz CT molecular complexity index is 385. The fourth-order valence-electron chi connectivity index (χ4n) is 2.00. The van der Waals surface area contributed by atoms with Gasteiger partial charge in [0.1, 0.15) is 0 Å². The normalized spacial score (nSPS) is 19.3. The number of carbonyl (C=O) groups is 2. The summed E-state index contributed by atoms with van der Waals surface area (Å²) in [4.78, 5) is 24.4. The summed E-state index contributed by atoms with van der Waals surface area (Å²) in [5.41, 5.74) is 0.873. The van der Waals surface area contributed by atoms with Gasteiger partial charge in [0.05, 0.1) is 13.2 Å². The Morgan fingerprint density at radius 2 is 2.33 bits per heavy atom. The monoisotopic (exact) mass is 249 g/mol. The number of methoxy groups -OCH3 is 1. The lowest BCUT2D eigenvalue weighted by atomic mass is 10.1. The summed E-state index contributed by atoms with van der Waals surface area (Å²) in [5.74, 6) is -0.246. The molecule has 0 aliphatic carbocycles. The highest BCUT2D eigenvalue weighted by molar-refractivity contribution is 5.81. The Labute approximate surface area is 108 Å². The lowest BCUT2D eigenvalue weighted by Crippen LogP contribution is -2.34. The first-order valence-corrected chi connectivity index (χ1v) is 5.95. The fourth-order valence-corrected chi connectivity index (χ4v) is 2.00. The topological polar surface area (TPSA) is 46.6 Å². The van der Waals surface area contributed by atoms with Crippen molar-refractivity contribution in [1.82, 2.24) is 4.90 Å². The molecule has 0 radical (unpaired) electrons. The van der Waals surface area contributed by atoms with E-state index in [1.807, 2.05) is 0 Å². The van der Waals surface area contributed by atoms with Crippen LogP contribution in [-0.2, 0) is 14.3 Å². The summed E-state index contributed by atoms with van der Waals surface area (Å²) < 4.78 is 4.49. The fraction of sp³-hybridized carbons (Fsp3) is 0.429. The smallest absolute Gasteiger partial charge is 0.330 e. The first kappa shape index (κ1) is 14.2. The van der Waals surface area contributed by atoms with Crippen LogP contribution in [0.3, 0.4) is 0 Å². The number of rotatable bonds is 6. The van der Waals surface area contributed by atoms with Gasteiger partial charge in [-0.2, -0.15) is 0 Å². The zero-order valence-corrected chi connectivity index (χ0v) is 10.7. The van der Waals surface area contributed by atoms with Gasteiger partial charge in [-0.3, -0.25) is 4.79 Å². The standard InChI is InChI=1S/C14H19NO3/c1-4-11(2)12-8-9-13(16)15(12)10-6-5-7-14(17)18-3/h4-5,7,12H,1-2,6,8-10H2,3H3/b7-5+. The Morgan fingerprint density at radius 1 is 1.61 bits per heavy atom. The minimum Gasteiger partial charge on any atom is -0.466 e. The summed E-state index contributed by atoms with van der Waals surface area (Å²) in [6, 6.07) is 0.0570. The molecule has 0 saturated carbocycles. The van der Waals surface area contributed by atoms with Crippen LogP contribution in [0.2, 0.25) is 0 Å². The van der Waals surface area contributed by atoms with Gasteiger partial charge >= 0.3 is 5.97 Å². The quantitative estimate of drug-likeness (QED) is 0.410. The third-order valence-electron chi connectivity index (χ3n) is 3.01. The van der Waals surface area contributed by atoms with Crippen molar-refractivity contribution in [3.8, 4) is 0 Å². The molecule has 1 unspecified atom stereocenters. The molecule has 18 heavy (non-hydrogen) atoms. The van der Waals surface area contributed by atoms with Crippen molar-refractivity contribution in [3.63, 3.8) is 0 Å². The molecule has 1 atom stereocenters. The van der Waals surface area contributed by atoms with Crippen molar-refractivity contribution in [2.45, 2.75) is 25.3 Å². The highest BCUT2D eigenvalue weighted by atomic mass is 16.5. The molecule has 1 fully saturated rings. The Morgan fingerprint density at radius 3 is 2.94 bits per heavy atom. The molecule has 4 heteroatoms. The molecule has 0 aromatic carbocycles. The molecule has 98 valence electrons. The summed E-state index contributed by atoms with van der Waals surface area (Å²) >= 11 is 0. The second-order valence-corrected chi connectivity index (χ2v) is 4.13. The van der Waals surface area contributed by atoms with Crippen LogP contribution in [0.15, 0.2) is 37.0 Å². The number of amides is 1. The zero-order valence-electron chi connectivity index (χ0n) is 10.7. The minimum atomic E-state index is -0.380. The predicted octanol–water partition coefficient (Wildman–Crippen LogP) is 1.84. The van der Waals surface area contributed by atoms with Crippen molar-refractivity contribution in [2.75, 3.05) is 13.7 Å². The van der Waals surface area contributed by atoms with Crippen LogP contribution in [0.4, 0.5) is 0 Å². The predicted molar refractivity (Wildman–Crippen MR) is 69.8 cm³/mol. The van der Waals surface area contributed by atoms with E-state index in [0.717, 1.165) is 12.0 Å². The van der Waals surface area contributed by atoms with Gasteiger partial charge in [0.15, 0.2) is 0 Å². The van der Waals surface area contributed by atoms with Crippen molar-refractivity contribution < 1.29 is 14.3 Å². The van der Waals surface area contributed by atoms with Crippen molar-refractivity contribution in [3.05, 3.63) is 37.0 Å². The van der Waals surface area contributed by atoms with Gasteiger partial charge in [-0.15, -0.1) is 0 Å². The highest BCUT2D eigenvalue weighted by Gasteiger charge is 2.30. The van der Waals surface area contributed by atoms with Gasteiger partial charge in [0, 0.05) is 19.0 Å². The third kappa shape index (κ3) is 3.58. The van der Waals surface area contributed by atoms with Crippen molar-refractivity contribution in [2.24, 2.45) is 0 Å². The van der Waals surface area contributed by atoms with Gasteiger partial charge < -0.3 is 9.64 Å². The first-order valence-electron chi connectivity index (χ1n) is 5.95. The lowest BCUT2D eigenvalue weighted by molar-refractivity contribution is -0.134. The van der Waals surface area contributed by atoms with Crippen LogP contribution in [0.5, 0.6) is 0 Å². The van der Waals surface area contributed by atoms with Crippen molar-refractivity contribution in [1.29, 1.82) is 0 Å². The van der Waals surface area contributed by atoms with Gasteiger partial charge in [-0.25, -0.2) is 4.79 Å². The van der Waals surface area contributed by atoms with Crippen LogP contribution in [0, 0.1) is 0 Å². The number of likely N-dealkylation sites (tertiary alicyclic amines) is 1. The van der Waals surface area contributed by atoms with E-state index in [2.05, 4.69) is 17.9 Å². The number of nitrogens with zero attached hydrogens (tertiary/aromatic N) is 1. The highest BCUT2D eigenvalue weighted by Crippen LogP contribution is 2.24. The molecule has 4 nitrogen and oxygen atoms in total. The molecule has 0 N–H and O–H groups in total. The molecule has 0 bridgehead atoms. The molecule has 0 aromatic heterocycles. The van der Waals surface area contributed by atoms with Gasteiger partial charge in [-0.1, -0.05) is 25.3 Å². The minimum absolute atomic E-state index is 0.0570. The second kappa shape index (κ2) is 6.79. The van der Waals surface area contributed by atoms with Gasteiger partial charge in [0.2, 0.25) is 5.91 Å². The molecule has 1 aliphatic heterocycles. The summed E-state index contributed by atoms with van der Waals surface area (Å²) in [6.45, 7) is 8.18. The van der Waals surface area contributed by atoms with Crippen LogP contribution in [0.25, 0.3) is 0 Å². The SMILES string of the molecule is C=CC(=C)C1CCC(=O)N1CC/C=C/C(=O)OC. The largest absolute Gasteiger partial charge is 0.466 e. The number of hydrogen-bond acceptors (Lipinski definition) is 3. The van der Waals surface area contributed by atoms with E-state index in [0.29, 0.717) is 19.4 Å². The number of esters is 1. The van der Waals surface area contributed by atoms with E-state index >= 15 is 0 Å². The summed E-state index contributed by atoms with van der Waals surface area (Å²) in [7, 11) is 1.33. The van der Waals surface area contributed by atoms with E-state index in [1.165, 1.54) is 13.2 Å². The Kier molecular flexibility index (Phi) is 5.36. The van der Waals surface area contributed by atoms with Crippen LogP contribution in [0.1, 0.15) is 19.3 Å². The summed E-state index contributed by atoms with van der Waals surface area (Å²) in [5, 5.41) is 0. The molecule has 1 aliphatic rings. The maximum absolute atomic E-state index is 11.7. The van der Waals surface area contributed by atoms with Gasteiger partial charge in [0.25, 0.3) is 0 Å². The zero-order chi connectivity index (χ0) is 13.5. The molecule has 1 saturated heterocycles. The number of hydrogen-bond donors (Lipinski definition) is 0. The van der Waals surface area contributed by atoms with Crippen LogP contribution >= 0.6 is 0 Å². The average molecular weight is 249 g/mol. The molecule has 0 aromatic rings. The Balaban J connectivity index is 2.50. The Hall–Kier alpha value is -1.84. The molecule has 1 heterocycles. The molecule has 1 rings (SSSR count). The van der Waals surface area contributed by atoms with Crippen LogP contribution < -0.4 is 0 Å². The summed E-state index contributed by atoms with van der Waals surface area (Å²) in [6.07, 6.45) is 6.76. The molecular formula is C14H19NO3. The maximum atomic E-state index is 11.7. The molecular weight excluding hydrogens is 230 g/mol. The van der Waals surface area contributed by atoms with Crippen LogP contribution in [-0.4, -0.2) is 36.5 Å². The number of ether oxygens (including phenoxy) is 1. The molecule has 0 spiro atoms. The molecule has 1 amide bonds. The van der Waals surface area contributed by atoms with E-state index in [4.69, 9.17) is 0 Å². The maximum Gasteiger partial charge on any atom is 0.330 e. The number of carbonyl (C=O) groups excluding carboxylic acids is 2. The second-order valence-electron chi connectivity index (χ2n) is 4.13. The van der Waals surface area contributed by atoms with E-state index in [-0.39, 0.29) is 17.9 Å². The van der Waals surface area contributed by atoms with Gasteiger partial charge in [-0.05, 0) is 18.4 Å². The van der Waals surface area contributed by atoms with E-state index < -0.39 is 0 Å². The third-order valence-corrected chi connectivity index (χ3v) is 3.01. The van der Waals surface area contributed by atoms with Crippen molar-refractivity contribution >= 4 is 11.9 Å². The van der Waals surface area contributed by atoms with E-state index in [9.17, 15) is 9.59 Å².